The molecule has 88 valence electrons. The van der Waals surface area contributed by atoms with E-state index in [1.54, 1.807) is 0 Å². The molecule has 5 heteroatoms. The van der Waals surface area contributed by atoms with Gasteiger partial charge in [0.1, 0.15) is 5.52 Å². The summed E-state index contributed by atoms with van der Waals surface area (Å²) in [7, 11) is 0. The van der Waals surface area contributed by atoms with Crippen LogP contribution in [-0.4, -0.2) is 39.5 Å². The molecule has 1 aromatic carbocycles. The molecule has 1 N–H and O–H groups in total. The van der Waals surface area contributed by atoms with E-state index in [1.165, 1.54) is 0 Å². The Hall–Kier alpha value is -1.75. The minimum absolute atomic E-state index is 0.137. The van der Waals surface area contributed by atoms with E-state index < -0.39 is 0 Å². The van der Waals surface area contributed by atoms with Gasteiger partial charge in [-0.1, -0.05) is 12.1 Å². The maximum absolute atomic E-state index is 9.29. The molecule has 1 saturated heterocycles. The molecule has 1 aliphatic heterocycles. The van der Waals surface area contributed by atoms with Crippen molar-refractivity contribution in [3.05, 3.63) is 24.3 Å². The van der Waals surface area contributed by atoms with Crippen molar-refractivity contribution >= 4 is 17.0 Å². The summed E-state index contributed by atoms with van der Waals surface area (Å²) in [5, 5.41) is 17.6. The Bertz CT molecular complexity index is 531. The summed E-state index contributed by atoms with van der Waals surface area (Å²) >= 11 is 0. The molecule has 1 aromatic heterocycles. The first-order valence-corrected chi connectivity index (χ1v) is 5.85. The number of fused-ring (bicyclic) bond motifs is 1. The van der Waals surface area contributed by atoms with E-state index >= 15 is 0 Å². The van der Waals surface area contributed by atoms with E-state index in [2.05, 4.69) is 15.2 Å². The van der Waals surface area contributed by atoms with Gasteiger partial charge in [-0.15, -0.1) is 10.2 Å². The highest BCUT2D eigenvalue weighted by molar-refractivity contribution is 5.74. The number of hydrogen-bond acceptors (Lipinski definition) is 5. The molecule has 0 spiro atoms. The SMILES string of the molecule is OCC1CCCN1c1nnc2ccccc2n1. The molecule has 0 saturated carbocycles. The molecule has 0 aliphatic carbocycles. The molecule has 1 aliphatic rings. The lowest BCUT2D eigenvalue weighted by atomic mass is 10.2. The van der Waals surface area contributed by atoms with Crippen LogP contribution in [0.25, 0.3) is 11.0 Å². The van der Waals surface area contributed by atoms with Gasteiger partial charge in [-0.2, -0.15) is 0 Å². The van der Waals surface area contributed by atoms with Gasteiger partial charge >= 0.3 is 0 Å². The van der Waals surface area contributed by atoms with E-state index in [4.69, 9.17) is 0 Å². The lowest BCUT2D eigenvalue weighted by Gasteiger charge is -2.22. The van der Waals surface area contributed by atoms with Crippen molar-refractivity contribution in [1.29, 1.82) is 0 Å². The van der Waals surface area contributed by atoms with Crippen molar-refractivity contribution < 1.29 is 5.11 Å². The van der Waals surface area contributed by atoms with E-state index in [0.717, 1.165) is 30.4 Å². The summed E-state index contributed by atoms with van der Waals surface area (Å²) in [6.45, 7) is 1.04. The summed E-state index contributed by atoms with van der Waals surface area (Å²) in [4.78, 5) is 6.54. The molecule has 0 radical (unpaired) electrons. The normalized spacial score (nSPS) is 20.1. The molecule has 5 nitrogen and oxygen atoms in total. The van der Waals surface area contributed by atoms with Gasteiger partial charge in [-0.25, -0.2) is 4.98 Å². The number of aliphatic hydroxyl groups excluding tert-OH is 1. The van der Waals surface area contributed by atoms with Gasteiger partial charge in [0.25, 0.3) is 0 Å². The predicted molar refractivity (Wildman–Crippen MR) is 64.8 cm³/mol. The van der Waals surface area contributed by atoms with Crippen molar-refractivity contribution in [3.63, 3.8) is 0 Å². The standard InChI is InChI=1S/C12H14N4O/c17-8-9-4-3-7-16(9)12-13-10-5-1-2-6-11(10)14-15-12/h1-2,5-6,9,17H,3-4,7-8H2. The lowest BCUT2D eigenvalue weighted by molar-refractivity contribution is 0.265. The molecule has 17 heavy (non-hydrogen) atoms. The van der Waals surface area contributed by atoms with Crippen LogP contribution < -0.4 is 4.90 Å². The molecule has 2 aromatic rings. The number of aliphatic hydroxyl groups is 1. The van der Waals surface area contributed by atoms with Gasteiger partial charge in [-0.3, -0.25) is 0 Å². The molecule has 0 amide bonds. The molecule has 3 rings (SSSR count). The highest BCUT2D eigenvalue weighted by atomic mass is 16.3. The maximum Gasteiger partial charge on any atom is 0.246 e. The largest absolute Gasteiger partial charge is 0.394 e. The Morgan fingerprint density at radius 1 is 1.24 bits per heavy atom. The van der Waals surface area contributed by atoms with Crippen molar-refractivity contribution in [2.75, 3.05) is 18.1 Å². The topological polar surface area (TPSA) is 62.1 Å². The Balaban J connectivity index is 2.00. The second kappa shape index (κ2) is 4.25. The number of hydrogen-bond donors (Lipinski definition) is 1. The fraction of sp³-hybridized carbons (Fsp3) is 0.417. The van der Waals surface area contributed by atoms with Crippen LogP contribution >= 0.6 is 0 Å². The van der Waals surface area contributed by atoms with Crippen LogP contribution in [0.1, 0.15) is 12.8 Å². The predicted octanol–water partition coefficient (Wildman–Crippen LogP) is 0.986. The quantitative estimate of drug-likeness (QED) is 0.833. The lowest BCUT2D eigenvalue weighted by Crippen LogP contribution is -2.33. The van der Waals surface area contributed by atoms with E-state index in [0.29, 0.717) is 5.95 Å². The minimum Gasteiger partial charge on any atom is -0.394 e. The molecular formula is C12H14N4O. The van der Waals surface area contributed by atoms with Crippen LogP contribution in [0.5, 0.6) is 0 Å². The fourth-order valence-corrected chi connectivity index (χ4v) is 2.28. The summed E-state index contributed by atoms with van der Waals surface area (Å²) in [6, 6.07) is 7.82. The average Bonchev–Trinajstić information content (AvgIpc) is 2.86. The van der Waals surface area contributed by atoms with Crippen molar-refractivity contribution in [2.24, 2.45) is 0 Å². The zero-order chi connectivity index (χ0) is 11.7. The monoisotopic (exact) mass is 230 g/mol. The van der Waals surface area contributed by atoms with Gasteiger partial charge in [0.05, 0.1) is 18.2 Å². The highest BCUT2D eigenvalue weighted by Crippen LogP contribution is 2.22. The highest BCUT2D eigenvalue weighted by Gasteiger charge is 2.26. The van der Waals surface area contributed by atoms with Crippen molar-refractivity contribution in [2.45, 2.75) is 18.9 Å². The Morgan fingerprint density at radius 3 is 2.88 bits per heavy atom. The number of rotatable bonds is 2. The molecular weight excluding hydrogens is 216 g/mol. The van der Waals surface area contributed by atoms with Crippen LogP contribution in [0.3, 0.4) is 0 Å². The second-order valence-electron chi connectivity index (χ2n) is 4.27. The van der Waals surface area contributed by atoms with Crippen LogP contribution in [0, 0.1) is 0 Å². The van der Waals surface area contributed by atoms with Gasteiger partial charge in [-0.05, 0) is 25.0 Å². The second-order valence-corrected chi connectivity index (χ2v) is 4.27. The fourth-order valence-electron chi connectivity index (χ4n) is 2.28. The zero-order valence-corrected chi connectivity index (χ0v) is 9.45. The van der Waals surface area contributed by atoms with Gasteiger partial charge < -0.3 is 10.0 Å². The Morgan fingerprint density at radius 2 is 2.06 bits per heavy atom. The van der Waals surface area contributed by atoms with E-state index in [-0.39, 0.29) is 12.6 Å². The van der Waals surface area contributed by atoms with Crippen LogP contribution in [-0.2, 0) is 0 Å². The molecule has 2 heterocycles. The summed E-state index contributed by atoms with van der Waals surface area (Å²) in [5.74, 6) is 0.625. The number of anilines is 1. The molecule has 1 fully saturated rings. The number of aromatic nitrogens is 3. The summed E-state index contributed by atoms with van der Waals surface area (Å²) < 4.78 is 0. The third-order valence-corrected chi connectivity index (χ3v) is 3.19. The van der Waals surface area contributed by atoms with Crippen LogP contribution in [0.15, 0.2) is 24.3 Å². The summed E-state index contributed by atoms with van der Waals surface area (Å²) in [6.07, 6.45) is 2.06. The first-order chi connectivity index (χ1) is 8.38. The summed E-state index contributed by atoms with van der Waals surface area (Å²) in [5.41, 5.74) is 1.65. The Kier molecular flexibility index (Phi) is 2.60. The molecule has 1 atom stereocenters. The van der Waals surface area contributed by atoms with Gasteiger partial charge in [0.15, 0.2) is 0 Å². The minimum atomic E-state index is 0.137. The van der Waals surface area contributed by atoms with E-state index in [9.17, 15) is 5.11 Å². The van der Waals surface area contributed by atoms with Gasteiger partial charge in [0, 0.05) is 6.54 Å². The molecule has 1 unspecified atom stereocenters. The first kappa shape index (κ1) is 10.4. The third-order valence-electron chi connectivity index (χ3n) is 3.19. The van der Waals surface area contributed by atoms with Crippen LogP contribution in [0.4, 0.5) is 5.95 Å². The number of nitrogens with zero attached hydrogens (tertiary/aromatic N) is 4. The smallest absolute Gasteiger partial charge is 0.246 e. The zero-order valence-electron chi connectivity index (χ0n) is 9.45. The number of benzene rings is 1. The van der Waals surface area contributed by atoms with Crippen molar-refractivity contribution in [3.8, 4) is 0 Å². The average molecular weight is 230 g/mol. The van der Waals surface area contributed by atoms with Gasteiger partial charge in [0.2, 0.25) is 5.95 Å². The van der Waals surface area contributed by atoms with Crippen molar-refractivity contribution in [1.82, 2.24) is 15.2 Å². The van der Waals surface area contributed by atoms with Crippen LogP contribution in [0.2, 0.25) is 0 Å². The van der Waals surface area contributed by atoms with E-state index in [1.807, 2.05) is 29.2 Å². The number of para-hydroxylation sites is 1. The molecule has 0 bridgehead atoms. The Labute approximate surface area is 99.1 Å². The maximum atomic E-state index is 9.29. The first-order valence-electron chi connectivity index (χ1n) is 5.85. The third kappa shape index (κ3) is 1.82.